The number of amides is 3. The second-order valence-electron chi connectivity index (χ2n) is 18.8. The van der Waals surface area contributed by atoms with Gasteiger partial charge in [0, 0.05) is 18.2 Å². The number of fused-ring (bicyclic) bond motifs is 3. The number of ether oxygens (including phenoxy) is 2. The van der Waals surface area contributed by atoms with E-state index in [4.69, 9.17) is 19.4 Å². The molecule has 5 aromatic rings. The fourth-order valence-corrected chi connectivity index (χ4v) is 10.7. The third-order valence-corrected chi connectivity index (χ3v) is 14.5. The summed E-state index contributed by atoms with van der Waals surface area (Å²) in [5.41, 5.74) is 6.29. The number of aromatic amines is 2. The molecule has 3 amide bonds. The third-order valence-electron chi connectivity index (χ3n) is 14.5. The minimum atomic E-state index is -0.823. The van der Waals surface area contributed by atoms with Gasteiger partial charge in [0.15, 0.2) is 0 Å². The lowest BCUT2D eigenvalue weighted by Gasteiger charge is -2.37. The predicted octanol–water partition coefficient (Wildman–Crippen LogP) is 7.70. The average Bonchev–Trinajstić information content (AvgIpc) is 3.84. The van der Waals surface area contributed by atoms with Crippen LogP contribution in [-0.2, 0) is 14.3 Å². The summed E-state index contributed by atoms with van der Waals surface area (Å²) in [4.78, 5) is 59.3. The number of benzene rings is 3. The molecule has 5 aliphatic rings. The molecule has 324 valence electrons. The maximum Gasteiger partial charge on any atom is 0.407 e. The van der Waals surface area contributed by atoms with Gasteiger partial charge in [-0.3, -0.25) is 9.69 Å². The van der Waals surface area contributed by atoms with Gasteiger partial charge in [-0.2, -0.15) is 0 Å². The van der Waals surface area contributed by atoms with Gasteiger partial charge < -0.3 is 40.1 Å². The Labute approximate surface area is 361 Å². The number of hydrogen-bond donors (Lipinski definition) is 5. The van der Waals surface area contributed by atoms with Gasteiger partial charge >= 0.3 is 12.2 Å². The van der Waals surface area contributed by atoms with Gasteiger partial charge in [0.2, 0.25) is 5.91 Å². The third kappa shape index (κ3) is 7.50. The molecular weight excluding hydrogens is 785 g/mol. The molecule has 3 aliphatic carbocycles. The summed E-state index contributed by atoms with van der Waals surface area (Å²) < 4.78 is 9.73. The molecule has 2 aliphatic heterocycles. The van der Waals surface area contributed by atoms with Crippen molar-refractivity contribution in [2.45, 2.75) is 102 Å². The Balaban J connectivity index is 0.831. The van der Waals surface area contributed by atoms with Crippen LogP contribution in [-0.4, -0.2) is 98.1 Å². The second kappa shape index (κ2) is 15.9. The van der Waals surface area contributed by atoms with Gasteiger partial charge in [-0.25, -0.2) is 19.6 Å². The molecule has 3 saturated carbocycles. The highest BCUT2D eigenvalue weighted by atomic mass is 16.5. The molecule has 10 rings (SSSR count). The summed E-state index contributed by atoms with van der Waals surface area (Å²) in [7, 11) is 2.67. The molecule has 2 aromatic heterocycles. The Morgan fingerprint density at radius 3 is 2.08 bits per heavy atom. The Hall–Kier alpha value is -5.73. The maximum absolute atomic E-state index is 14.0. The summed E-state index contributed by atoms with van der Waals surface area (Å²) in [6.45, 7) is 4.66. The van der Waals surface area contributed by atoms with Gasteiger partial charge in [-0.05, 0) is 114 Å². The molecule has 7 atom stereocenters. The van der Waals surface area contributed by atoms with E-state index in [9.17, 15) is 19.5 Å². The summed E-state index contributed by atoms with van der Waals surface area (Å²) >= 11 is 0. The van der Waals surface area contributed by atoms with Crippen molar-refractivity contribution in [2.24, 2.45) is 23.2 Å². The van der Waals surface area contributed by atoms with Crippen LogP contribution in [0.4, 0.5) is 9.59 Å². The summed E-state index contributed by atoms with van der Waals surface area (Å²) in [6.07, 6.45) is 9.93. The number of hydrogen-bond acceptors (Lipinski definition) is 9. The van der Waals surface area contributed by atoms with Crippen molar-refractivity contribution < 1.29 is 29.0 Å². The van der Waals surface area contributed by atoms with Crippen LogP contribution in [0.3, 0.4) is 0 Å². The topological polar surface area (TPSA) is 178 Å². The lowest BCUT2D eigenvalue weighted by molar-refractivity contribution is -0.139. The highest BCUT2D eigenvalue weighted by Gasteiger charge is 2.56. The van der Waals surface area contributed by atoms with Crippen molar-refractivity contribution in [2.75, 3.05) is 20.8 Å². The summed E-state index contributed by atoms with van der Waals surface area (Å²) in [5, 5.41) is 19.6. The van der Waals surface area contributed by atoms with Crippen LogP contribution < -0.4 is 10.6 Å². The Kier molecular flexibility index (Phi) is 10.3. The first-order valence-electron chi connectivity index (χ1n) is 22.2. The van der Waals surface area contributed by atoms with E-state index in [1.807, 2.05) is 31.1 Å². The van der Waals surface area contributed by atoms with Gasteiger partial charge in [0.1, 0.15) is 23.9 Å². The van der Waals surface area contributed by atoms with E-state index in [2.05, 4.69) is 86.2 Å². The number of aliphatic hydroxyl groups excluding tert-OH is 1. The van der Waals surface area contributed by atoms with Gasteiger partial charge in [0.25, 0.3) is 0 Å². The maximum atomic E-state index is 14.0. The number of aromatic nitrogens is 4. The summed E-state index contributed by atoms with van der Waals surface area (Å²) in [5.74, 6) is 2.00. The number of aliphatic hydroxyl groups is 1. The van der Waals surface area contributed by atoms with Crippen LogP contribution in [0.1, 0.15) is 88.9 Å². The fourth-order valence-electron chi connectivity index (χ4n) is 10.7. The molecule has 0 radical (unpaired) electrons. The molecule has 4 heterocycles. The molecule has 1 spiro atoms. The smallest absolute Gasteiger partial charge is 0.407 e. The molecule has 5 N–H and O–H groups in total. The van der Waals surface area contributed by atoms with Crippen LogP contribution in [0.25, 0.3) is 44.4 Å². The first-order valence-corrected chi connectivity index (χ1v) is 22.2. The van der Waals surface area contributed by atoms with Crippen LogP contribution in [0.15, 0.2) is 73.1 Å². The largest absolute Gasteiger partial charge is 0.453 e. The molecule has 5 fully saturated rings. The van der Waals surface area contributed by atoms with E-state index in [1.54, 1.807) is 0 Å². The van der Waals surface area contributed by atoms with E-state index in [0.717, 1.165) is 114 Å². The van der Waals surface area contributed by atoms with Crippen LogP contribution in [0, 0.1) is 23.2 Å². The van der Waals surface area contributed by atoms with Crippen molar-refractivity contribution >= 4 is 28.9 Å². The van der Waals surface area contributed by atoms with Gasteiger partial charge in [-0.15, -0.1) is 0 Å². The van der Waals surface area contributed by atoms with Crippen molar-refractivity contribution in [3.63, 3.8) is 0 Å². The minimum Gasteiger partial charge on any atom is -0.453 e. The molecule has 14 nitrogen and oxygen atoms in total. The van der Waals surface area contributed by atoms with Crippen molar-refractivity contribution in [1.29, 1.82) is 0 Å². The van der Waals surface area contributed by atoms with E-state index in [0.29, 0.717) is 5.92 Å². The number of H-pyrrole nitrogens is 2. The SMILES string of the molecule is COC(=O)NC(C(=O)N1C2CCC(C2)C1c1ncc(-c2ccc3cc(-c4ccc(-c5cnc(C6CC7(CC7)CN6C(O)C(NC(=O)OC)C6CC6)[nH]5)cc4)ccc3c2)[nH]1)C(C)C. The zero-order chi connectivity index (χ0) is 42.9. The molecule has 2 bridgehead atoms. The Bertz CT molecular complexity index is 2490. The van der Waals surface area contributed by atoms with E-state index in [1.165, 1.54) is 14.2 Å². The lowest BCUT2D eigenvalue weighted by atomic mass is 9.95. The molecule has 14 heteroatoms. The summed E-state index contributed by atoms with van der Waals surface area (Å²) in [6, 6.07) is 20.3. The van der Waals surface area contributed by atoms with Crippen molar-refractivity contribution in [1.82, 2.24) is 40.4 Å². The quantitative estimate of drug-likeness (QED) is 0.0843. The molecule has 2 saturated heterocycles. The predicted molar refractivity (Wildman–Crippen MR) is 233 cm³/mol. The van der Waals surface area contributed by atoms with Crippen LogP contribution >= 0.6 is 0 Å². The number of methoxy groups -OCH3 is 2. The zero-order valence-corrected chi connectivity index (χ0v) is 35.8. The highest BCUT2D eigenvalue weighted by molar-refractivity contribution is 5.91. The van der Waals surface area contributed by atoms with Gasteiger partial charge in [-0.1, -0.05) is 62.4 Å². The number of likely N-dealkylation sites (tertiary alicyclic amines) is 2. The van der Waals surface area contributed by atoms with E-state index < -0.39 is 24.5 Å². The lowest BCUT2D eigenvalue weighted by Crippen LogP contribution is -2.54. The fraction of sp³-hybridized carbons (Fsp3) is 0.479. The number of nitrogens with one attached hydrogen (secondary N) is 4. The number of carbonyl (C=O) groups excluding carboxylic acids is 3. The molecule has 3 aromatic carbocycles. The van der Waals surface area contributed by atoms with Crippen molar-refractivity contribution in [3.8, 4) is 33.6 Å². The first-order chi connectivity index (χ1) is 30.0. The second-order valence-corrected chi connectivity index (χ2v) is 18.8. The number of nitrogens with zero attached hydrogens (tertiary/aromatic N) is 4. The number of piperidine rings is 1. The zero-order valence-electron chi connectivity index (χ0n) is 35.8. The molecule has 7 unspecified atom stereocenters. The van der Waals surface area contributed by atoms with Crippen molar-refractivity contribution in [3.05, 3.63) is 84.7 Å². The average molecular weight is 841 g/mol. The van der Waals surface area contributed by atoms with E-state index in [-0.39, 0.29) is 47.3 Å². The number of imidazole rings is 2. The Morgan fingerprint density at radius 2 is 1.40 bits per heavy atom. The number of rotatable bonds is 12. The monoisotopic (exact) mass is 840 g/mol. The number of carbonyl (C=O) groups is 3. The molecule has 62 heavy (non-hydrogen) atoms. The van der Waals surface area contributed by atoms with Crippen LogP contribution in [0.5, 0.6) is 0 Å². The first kappa shape index (κ1) is 40.3. The van der Waals surface area contributed by atoms with E-state index >= 15 is 0 Å². The van der Waals surface area contributed by atoms with Gasteiger partial charge in [0.05, 0.1) is 56.1 Å². The standard InChI is InChI=1S/C48H56N8O6/c1-26(2)39(53-46(59)61-3)45(58)56-35-16-15-34(21-35)41(56)43-50-24-37(52-43)33-14-13-31-19-30(11-12-32(31)20-33)27-5-7-28(8-6-27)36-23-49-42(51-36)38-22-48(17-18-48)25-55(38)44(57)40(29-9-10-29)54-47(60)62-4/h5-8,11-14,19-20,23-24,26,29,34-35,38-41,44,57H,9-10,15-18,21-22,25H2,1-4H3,(H,49,51)(H,50,52)(H,53,59)(H,54,60). The highest BCUT2D eigenvalue weighted by Crippen LogP contribution is 2.59. The Morgan fingerprint density at radius 1 is 0.790 bits per heavy atom. The normalized spacial score (nSPS) is 24.1. The number of alkyl carbamates (subject to hydrolysis) is 2. The van der Waals surface area contributed by atoms with Crippen LogP contribution in [0.2, 0.25) is 0 Å². The molecular formula is C48H56N8O6. The minimum absolute atomic E-state index is 0.0704.